The van der Waals surface area contributed by atoms with Gasteiger partial charge in [-0.3, -0.25) is 0 Å². The molecule has 2 aromatic carbocycles. The quantitative estimate of drug-likeness (QED) is 0.109. The van der Waals surface area contributed by atoms with E-state index in [4.69, 9.17) is 24.6 Å². The highest BCUT2D eigenvalue weighted by Crippen LogP contribution is 2.48. The van der Waals surface area contributed by atoms with Gasteiger partial charge >= 0.3 is 0 Å². The van der Waals surface area contributed by atoms with Gasteiger partial charge in [-0.1, -0.05) is 136 Å². The average Bonchev–Trinajstić information content (AvgIpc) is 3.01. The van der Waals surface area contributed by atoms with E-state index in [2.05, 4.69) is 108 Å². The van der Waals surface area contributed by atoms with Crippen molar-refractivity contribution in [1.82, 2.24) is 0 Å². The summed E-state index contributed by atoms with van der Waals surface area (Å²) < 4.78 is 43.1. The second kappa shape index (κ2) is 16.6. The van der Waals surface area contributed by atoms with Crippen molar-refractivity contribution in [2.75, 3.05) is 19.4 Å². The van der Waals surface area contributed by atoms with Gasteiger partial charge in [-0.15, -0.1) is 0 Å². The van der Waals surface area contributed by atoms with Crippen molar-refractivity contribution < 1.29 is 22.6 Å². The Morgan fingerprint density at radius 2 is 1.16 bits per heavy atom. The fraction of sp³-hybridized carbons (Fsp3) is 0.619. The summed E-state index contributed by atoms with van der Waals surface area (Å²) in [5.74, 6) is 0. The predicted molar refractivity (Wildman–Crippen MR) is 228 cm³/mol. The maximum atomic E-state index is 15.1. The highest BCUT2D eigenvalue weighted by molar-refractivity contribution is 7.78. The molecule has 1 fully saturated rings. The van der Waals surface area contributed by atoms with E-state index in [9.17, 15) is 0 Å². The second-order valence-electron chi connectivity index (χ2n) is 19.1. The van der Waals surface area contributed by atoms with Crippen LogP contribution in [0.5, 0.6) is 0 Å². The summed E-state index contributed by atoms with van der Waals surface area (Å²) in [6.07, 6.45) is 3.08. The fourth-order valence-corrected chi connectivity index (χ4v) is 11.7. The summed E-state index contributed by atoms with van der Waals surface area (Å²) in [7, 11) is -9.35. The number of hydrogen-bond donors (Lipinski definition) is 0. The Morgan fingerprint density at radius 3 is 1.61 bits per heavy atom. The molecular weight excluding hydrogens is 700 g/mol. The van der Waals surface area contributed by atoms with E-state index in [1.165, 1.54) is 0 Å². The lowest BCUT2D eigenvalue weighted by molar-refractivity contribution is -0.0879. The van der Waals surface area contributed by atoms with Crippen LogP contribution in [-0.4, -0.2) is 62.6 Å². The zero-order valence-corrected chi connectivity index (χ0v) is 38.7. The molecule has 0 aromatic heterocycles. The zero-order valence-electron chi connectivity index (χ0n) is 34.8. The molecule has 5 nitrogen and oxygen atoms in total. The van der Waals surface area contributed by atoms with Gasteiger partial charge in [0.2, 0.25) is 0 Å². The molecule has 0 saturated heterocycles. The van der Waals surface area contributed by atoms with Crippen LogP contribution in [0.2, 0.25) is 54.4 Å². The molecule has 0 heterocycles. The maximum absolute atomic E-state index is 15.1. The topological polar surface area (TPSA) is 54.0 Å². The molecule has 3 rings (SSSR count). The third-order valence-corrected chi connectivity index (χ3v) is 28.6. The van der Waals surface area contributed by atoms with Crippen molar-refractivity contribution in [2.45, 2.75) is 148 Å². The summed E-state index contributed by atoms with van der Waals surface area (Å²) in [6.45, 7) is 40.3. The van der Waals surface area contributed by atoms with E-state index in [0.29, 0.717) is 25.8 Å². The van der Waals surface area contributed by atoms with Crippen LogP contribution in [0.25, 0.3) is 0 Å². The van der Waals surface area contributed by atoms with Crippen LogP contribution in [0.4, 0.5) is 0 Å². The van der Waals surface area contributed by atoms with Gasteiger partial charge in [-0.25, -0.2) is 0 Å². The SMILES string of the molecule is C=C1/C(=C/CP(=O)(c2ccccc2)c2ccccc2)CC(O[Si](C)(C)C(C)(C)C)C(OCCCO[Si](C)(C)C(C)(C)C)C1O[Si](C)(C)C(C)(C)C. The maximum Gasteiger partial charge on any atom is 0.193 e. The molecule has 0 bridgehead atoms. The van der Waals surface area contributed by atoms with Gasteiger partial charge in [0, 0.05) is 36.4 Å². The van der Waals surface area contributed by atoms with Crippen molar-refractivity contribution in [3.63, 3.8) is 0 Å². The Labute approximate surface area is 315 Å². The van der Waals surface area contributed by atoms with Crippen molar-refractivity contribution in [3.05, 3.63) is 84.5 Å². The average molecular weight is 771 g/mol. The van der Waals surface area contributed by atoms with E-state index < -0.39 is 32.1 Å². The number of ether oxygens (including phenoxy) is 1. The first kappa shape index (κ1) is 44.0. The molecule has 286 valence electrons. The van der Waals surface area contributed by atoms with Crippen LogP contribution < -0.4 is 10.6 Å². The third-order valence-electron chi connectivity index (χ3n) is 12.1. The number of benzene rings is 2. The van der Waals surface area contributed by atoms with E-state index >= 15 is 4.57 Å². The third kappa shape index (κ3) is 10.9. The highest BCUT2D eigenvalue weighted by Gasteiger charge is 2.49. The van der Waals surface area contributed by atoms with Gasteiger partial charge in [-0.05, 0) is 72.0 Å². The van der Waals surface area contributed by atoms with Gasteiger partial charge < -0.3 is 22.6 Å². The Bertz CT molecular complexity index is 1470. The van der Waals surface area contributed by atoms with E-state index in [-0.39, 0.29) is 33.4 Å². The Balaban J connectivity index is 2.07. The lowest BCUT2D eigenvalue weighted by atomic mass is 9.84. The number of hydrogen-bond acceptors (Lipinski definition) is 5. The van der Waals surface area contributed by atoms with Crippen molar-refractivity contribution in [3.8, 4) is 0 Å². The predicted octanol–water partition coefficient (Wildman–Crippen LogP) is 11.5. The van der Waals surface area contributed by atoms with Crippen LogP contribution in [0.1, 0.15) is 75.2 Å². The largest absolute Gasteiger partial charge is 0.417 e. The normalized spacial score (nSPS) is 21.0. The molecule has 0 amide bonds. The first-order valence-electron chi connectivity index (χ1n) is 18.9. The first-order valence-corrected chi connectivity index (χ1v) is 29.5. The van der Waals surface area contributed by atoms with Gasteiger partial charge in [0.25, 0.3) is 0 Å². The summed E-state index contributed by atoms with van der Waals surface area (Å²) in [6, 6.07) is 19.8. The smallest absolute Gasteiger partial charge is 0.193 e. The molecule has 3 unspecified atom stereocenters. The molecule has 0 radical (unpaired) electrons. The summed E-state index contributed by atoms with van der Waals surface area (Å²) in [5, 5.41) is 1.88. The molecule has 2 aromatic rings. The fourth-order valence-electron chi connectivity index (χ4n) is 5.50. The standard InChI is InChI=1S/C42H71O5PSi3/c1-33-34(28-31-48(43,35-24-19-17-20-25-35)36-26-21-18-22-27-36)32-37(46-50(13,14)41(5,6)7)39(38(33)47-51(15,16)42(8,9)10)44-29-23-30-45-49(11,12)40(2,3)4/h17-22,24-28,37-39H,1,23,29-32H2,2-16H3/b34-28+. The lowest BCUT2D eigenvalue weighted by Crippen LogP contribution is -2.57. The van der Waals surface area contributed by atoms with Gasteiger partial charge in [-0.2, -0.15) is 0 Å². The molecule has 0 N–H and O–H groups in total. The van der Waals surface area contributed by atoms with E-state index in [1.54, 1.807) is 0 Å². The van der Waals surface area contributed by atoms with Crippen molar-refractivity contribution >= 4 is 42.7 Å². The Morgan fingerprint density at radius 1 is 0.706 bits per heavy atom. The minimum absolute atomic E-state index is 0.0116. The molecule has 1 aliphatic rings. The van der Waals surface area contributed by atoms with Gasteiger partial charge in [0.05, 0.1) is 12.2 Å². The lowest BCUT2D eigenvalue weighted by Gasteiger charge is -2.49. The Hall–Kier alpha value is -1.36. The Kier molecular flexibility index (Phi) is 14.3. The van der Waals surface area contributed by atoms with Gasteiger partial charge in [0.1, 0.15) is 13.2 Å². The molecular formula is C42H71O5PSi3. The minimum atomic E-state index is -2.98. The number of allylic oxidation sites excluding steroid dienone is 1. The van der Waals surface area contributed by atoms with Crippen LogP contribution in [0.15, 0.2) is 84.5 Å². The van der Waals surface area contributed by atoms with Crippen LogP contribution in [-0.2, 0) is 22.6 Å². The van der Waals surface area contributed by atoms with Crippen molar-refractivity contribution in [1.29, 1.82) is 0 Å². The minimum Gasteiger partial charge on any atom is -0.417 e. The summed E-state index contributed by atoms with van der Waals surface area (Å²) >= 11 is 0. The molecule has 0 aliphatic heterocycles. The molecule has 51 heavy (non-hydrogen) atoms. The van der Waals surface area contributed by atoms with Crippen LogP contribution >= 0.6 is 7.14 Å². The molecule has 1 aliphatic carbocycles. The second-order valence-corrected chi connectivity index (χ2v) is 36.3. The number of rotatable bonds is 14. The molecule has 3 atom stereocenters. The first-order chi connectivity index (χ1) is 23.2. The molecule has 0 spiro atoms. The van der Waals surface area contributed by atoms with Crippen molar-refractivity contribution in [2.24, 2.45) is 0 Å². The molecule has 1 saturated carbocycles. The summed E-state index contributed by atoms with van der Waals surface area (Å²) in [5.41, 5.74) is 1.99. The van der Waals surface area contributed by atoms with E-state index in [1.807, 2.05) is 60.7 Å². The highest BCUT2D eigenvalue weighted by atomic mass is 31.2. The van der Waals surface area contributed by atoms with Crippen LogP contribution in [0.3, 0.4) is 0 Å². The zero-order chi connectivity index (χ0) is 38.7. The van der Waals surface area contributed by atoms with Gasteiger partial charge in [0.15, 0.2) is 25.0 Å². The molecule has 9 heteroatoms. The van der Waals surface area contributed by atoms with E-state index in [0.717, 1.165) is 28.2 Å². The summed E-state index contributed by atoms with van der Waals surface area (Å²) in [4.78, 5) is 0. The van der Waals surface area contributed by atoms with Crippen LogP contribution in [0, 0.1) is 0 Å². The monoisotopic (exact) mass is 770 g/mol.